The molecule has 0 aliphatic heterocycles. The first-order valence-corrected chi connectivity index (χ1v) is 7.03. The Balaban J connectivity index is 2.04. The minimum Gasteiger partial charge on any atom is -0.496 e. The van der Waals surface area contributed by atoms with Crippen LogP contribution in [0.15, 0.2) is 28.8 Å². The van der Waals surface area contributed by atoms with Crippen molar-refractivity contribution in [2.45, 2.75) is 32.9 Å². The highest BCUT2D eigenvalue weighted by molar-refractivity contribution is 6.30. The lowest BCUT2D eigenvalue weighted by Gasteiger charge is -2.16. The van der Waals surface area contributed by atoms with Gasteiger partial charge in [0.15, 0.2) is 5.76 Å². The molecule has 1 aromatic heterocycles. The van der Waals surface area contributed by atoms with Crippen LogP contribution in [0.5, 0.6) is 5.75 Å². The average molecular weight is 295 g/mol. The van der Waals surface area contributed by atoms with Crippen LogP contribution in [0, 0.1) is 0 Å². The minimum atomic E-state index is 0.0961. The van der Waals surface area contributed by atoms with Gasteiger partial charge in [0.1, 0.15) is 5.75 Å². The molecule has 4 nitrogen and oxygen atoms in total. The van der Waals surface area contributed by atoms with Crippen LogP contribution in [-0.4, -0.2) is 12.3 Å². The number of hydrogen-bond donors (Lipinski definition) is 1. The van der Waals surface area contributed by atoms with Gasteiger partial charge in [0.25, 0.3) is 0 Å². The number of benzene rings is 1. The quantitative estimate of drug-likeness (QED) is 0.881. The molecule has 1 aromatic carbocycles. The topological polar surface area (TPSA) is 47.3 Å². The maximum atomic E-state index is 6.05. The number of methoxy groups -OCH3 is 1. The fourth-order valence-corrected chi connectivity index (χ4v) is 2.19. The zero-order valence-corrected chi connectivity index (χ0v) is 12.7. The fourth-order valence-electron chi connectivity index (χ4n) is 2.01. The molecule has 0 spiro atoms. The number of hydrogen-bond acceptors (Lipinski definition) is 4. The average Bonchev–Trinajstić information content (AvgIpc) is 2.92. The molecule has 0 saturated heterocycles. The van der Waals surface area contributed by atoms with E-state index in [4.69, 9.17) is 20.9 Å². The standard InChI is InChI=1S/C15H19ClN2O2/c1-4-12-8-13(20-18-12)9-17-10(2)14-7-11(16)5-6-15(14)19-3/h5-8,10,17H,4,9H2,1-3H3. The van der Waals surface area contributed by atoms with Crippen LogP contribution >= 0.6 is 11.6 Å². The maximum Gasteiger partial charge on any atom is 0.150 e. The van der Waals surface area contributed by atoms with E-state index >= 15 is 0 Å². The van der Waals surface area contributed by atoms with Crippen LogP contribution < -0.4 is 10.1 Å². The van der Waals surface area contributed by atoms with Crippen molar-refractivity contribution in [2.24, 2.45) is 0 Å². The third-order valence-corrected chi connectivity index (χ3v) is 3.45. The van der Waals surface area contributed by atoms with Gasteiger partial charge in [-0.1, -0.05) is 23.7 Å². The Morgan fingerprint density at radius 3 is 2.85 bits per heavy atom. The van der Waals surface area contributed by atoms with Crippen LogP contribution in [0.4, 0.5) is 0 Å². The van der Waals surface area contributed by atoms with Crippen LogP contribution in [-0.2, 0) is 13.0 Å². The first-order chi connectivity index (χ1) is 9.63. The monoisotopic (exact) mass is 294 g/mol. The highest BCUT2D eigenvalue weighted by Gasteiger charge is 2.13. The zero-order valence-electron chi connectivity index (χ0n) is 11.9. The third-order valence-electron chi connectivity index (χ3n) is 3.21. The Hall–Kier alpha value is -1.52. The van der Waals surface area contributed by atoms with Gasteiger partial charge in [-0.2, -0.15) is 0 Å². The lowest BCUT2D eigenvalue weighted by Crippen LogP contribution is -2.18. The number of halogens is 1. The molecule has 0 amide bonds. The van der Waals surface area contributed by atoms with E-state index < -0.39 is 0 Å². The second kappa shape index (κ2) is 6.77. The third kappa shape index (κ3) is 3.52. The number of ether oxygens (including phenoxy) is 1. The van der Waals surface area contributed by atoms with E-state index in [1.807, 2.05) is 24.3 Å². The number of nitrogens with one attached hydrogen (secondary N) is 1. The molecule has 0 bridgehead atoms. The summed E-state index contributed by atoms with van der Waals surface area (Å²) < 4.78 is 10.6. The Morgan fingerprint density at radius 1 is 1.40 bits per heavy atom. The summed E-state index contributed by atoms with van der Waals surface area (Å²) >= 11 is 6.05. The van der Waals surface area contributed by atoms with E-state index in [9.17, 15) is 0 Å². The summed E-state index contributed by atoms with van der Waals surface area (Å²) in [5.74, 6) is 1.65. The minimum absolute atomic E-state index is 0.0961. The second-order valence-electron chi connectivity index (χ2n) is 4.63. The van der Waals surface area contributed by atoms with E-state index in [-0.39, 0.29) is 6.04 Å². The van der Waals surface area contributed by atoms with E-state index in [0.29, 0.717) is 11.6 Å². The zero-order chi connectivity index (χ0) is 14.5. The van der Waals surface area contributed by atoms with Crippen molar-refractivity contribution in [3.63, 3.8) is 0 Å². The molecule has 0 aliphatic carbocycles. The molecular formula is C15H19ClN2O2. The number of rotatable bonds is 6. The van der Waals surface area contributed by atoms with Crippen molar-refractivity contribution in [1.29, 1.82) is 0 Å². The summed E-state index contributed by atoms with van der Waals surface area (Å²) in [6, 6.07) is 7.67. The molecular weight excluding hydrogens is 276 g/mol. The van der Waals surface area contributed by atoms with E-state index in [2.05, 4.69) is 24.3 Å². The first kappa shape index (κ1) is 14.9. The molecule has 1 unspecified atom stereocenters. The summed E-state index contributed by atoms with van der Waals surface area (Å²) in [7, 11) is 1.66. The summed E-state index contributed by atoms with van der Waals surface area (Å²) in [5, 5.41) is 8.05. The highest BCUT2D eigenvalue weighted by atomic mass is 35.5. The molecule has 0 radical (unpaired) electrons. The normalized spacial score (nSPS) is 12.4. The summed E-state index contributed by atoms with van der Waals surface area (Å²) in [5.41, 5.74) is 1.99. The number of aryl methyl sites for hydroxylation is 1. The number of aromatic nitrogens is 1. The predicted octanol–water partition coefficient (Wildman–Crippen LogP) is 3.75. The fraction of sp³-hybridized carbons (Fsp3) is 0.400. The van der Waals surface area contributed by atoms with Gasteiger partial charge in [-0.05, 0) is 31.5 Å². The van der Waals surface area contributed by atoms with Gasteiger partial charge in [0.05, 0.1) is 19.3 Å². The largest absolute Gasteiger partial charge is 0.496 e. The molecule has 0 fully saturated rings. The van der Waals surface area contributed by atoms with Gasteiger partial charge in [-0.15, -0.1) is 0 Å². The molecule has 1 N–H and O–H groups in total. The van der Waals surface area contributed by atoms with Gasteiger partial charge >= 0.3 is 0 Å². The van der Waals surface area contributed by atoms with Crippen LogP contribution in [0.25, 0.3) is 0 Å². The van der Waals surface area contributed by atoms with Gasteiger partial charge in [0, 0.05) is 22.7 Å². The van der Waals surface area contributed by atoms with Crippen molar-refractivity contribution in [1.82, 2.24) is 10.5 Å². The van der Waals surface area contributed by atoms with Gasteiger partial charge in [0.2, 0.25) is 0 Å². The molecule has 2 aromatic rings. The van der Waals surface area contributed by atoms with Crippen molar-refractivity contribution in [2.75, 3.05) is 7.11 Å². The van der Waals surface area contributed by atoms with Gasteiger partial charge in [-0.25, -0.2) is 0 Å². The maximum absolute atomic E-state index is 6.05. The first-order valence-electron chi connectivity index (χ1n) is 6.65. The van der Waals surface area contributed by atoms with Crippen molar-refractivity contribution < 1.29 is 9.26 Å². The molecule has 0 aliphatic rings. The van der Waals surface area contributed by atoms with Crippen LogP contribution in [0.1, 0.15) is 36.9 Å². The summed E-state index contributed by atoms with van der Waals surface area (Å²) in [4.78, 5) is 0. The molecule has 2 rings (SSSR count). The van der Waals surface area contributed by atoms with Crippen LogP contribution in [0.3, 0.4) is 0 Å². The predicted molar refractivity (Wildman–Crippen MR) is 79.1 cm³/mol. The Labute approximate surface area is 124 Å². The Morgan fingerprint density at radius 2 is 2.20 bits per heavy atom. The lowest BCUT2D eigenvalue weighted by molar-refractivity contribution is 0.358. The van der Waals surface area contributed by atoms with Crippen LogP contribution in [0.2, 0.25) is 5.02 Å². The SMILES string of the molecule is CCc1cc(CNC(C)c2cc(Cl)ccc2OC)on1. The van der Waals surface area contributed by atoms with E-state index in [1.54, 1.807) is 7.11 Å². The highest BCUT2D eigenvalue weighted by Crippen LogP contribution is 2.28. The molecule has 108 valence electrons. The smallest absolute Gasteiger partial charge is 0.150 e. The molecule has 0 saturated carbocycles. The Kier molecular flexibility index (Phi) is 5.04. The van der Waals surface area contributed by atoms with Gasteiger partial charge in [-0.3, -0.25) is 0 Å². The second-order valence-corrected chi connectivity index (χ2v) is 5.06. The van der Waals surface area contributed by atoms with E-state index in [0.717, 1.165) is 29.2 Å². The van der Waals surface area contributed by atoms with Crippen molar-refractivity contribution >= 4 is 11.6 Å². The molecule has 1 heterocycles. The molecule has 5 heteroatoms. The number of nitrogens with zero attached hydrogens (tertiary/aromatic N) is 1. The molecule has 20 heavy (non-hydrogen) atoms. The van der Waals surface area contributed by atoms with Gasteiger partial charge < -0.3 is 14.6 Å². The van der Waals surface area contributed by atoms with Crippen molar-refractivity contribution in [3.8, 4) is 5.75 Å². The van der Waals surface area contributed by atoms with E-state index in [1.165, 1.54) is 0 Å². The van der Waals surface area contributed by atoms with Crippen molar-refractivity contribution in [3.05, 3.63) is 46.3 Å². The lowest BCUT2D eigenvalue weighted by atomic mass is 10.1. The summed E-state index contributed by atoms with van der Waals surface area (Å²) in [6.07, 6.45) is 0.876. The Bertz CT molecular complexity index is 569. The molecule has 1 atom stereocenters. The summed E-state index contributed by atoms with van der Waals surface area (Å²) in [6.45, 7) is 4.73.